The molecule has 0 radical (unpaired) electrons. The normalized spacial score (nSPS) is 15.2. The third kappa shape index (κ3) is 3.33. The lowest BCUT2D eigenvalue weighted by atomic mass is 10.0. The van der Waals surface area contributed by atoms with Gasteiger partial charge in [-0.05, 0) is 49.3 Å². The average Bonchev–Trinajstić information content (AvgIpc) is 2.76. The van der Waals surface area contributed by atoms with E-state index in [-0.39, 0.29) is 18.6 Å². The smallest absolute Gasteiger partial charge is 0.224 e. The van der Waals surface area contributed by atoms with Gasteiger partial charge in [-0.1, -0.05) is 18.2 Å². The van der Waals surface area contributed by atoms with Crippen LogP contribution in [0.2, 0.25) is 0 Å². The molecule has 1 unspecified atom stereocenters. The first-order chi connectivity index (χ1) is 8.69. The van der Waals surface area contributed by atoms with Gasteiger partial charge in [0.1, 0.15) is 0 Å². The number of nitrogens with one attached hydrogen (secondary N) is 1. The van der Waals surface area contributed by atoms with Gasteiger partial charge in [-0.15, -0.1) is 0 Å². The molecule has 0 heterocycles. The molecule has 18 heavy (non-hydrogen) atoms. The first-order valence-electron chi connectivity index (χ1n) is 6.70. The summed E-state index contributed by atoms with van der Waals surface area (Å²) in [7, 11) is 0. The monoisotopic (exact) mass is 247 g/mol. The number of carbonyl (C=O) groups excluding carboxylic acids is 1. The Morgan fingerprint density at radius 1 is 1.39 bits per heavy atom. The van der Waals surface area contributed by atoms with Crippen molar-refractivity contribution in [2.45, 2.75) is 45.1 Å². The highest BCUT2D eigenvalue weighted by molar-refractivity contribution is 5.78. The standard InChI is InChI=1S/C15H21NO2/c1-11(7-8-17)16-15(18)10-12-5-6-13-3-2-4-14(13)9-12/h5-6,9,11,17H,2-4,7-8,10H2,1H3,(H,16,18). The van der Waals surface area contributed by atoms with Crippen LogP contribution in [0.1, 0.15) is 36.5 Å². The Hall–Kier alpha value is -1.35. The summed E-state index contributed by atoms with van der Waals surface area (Å²) in [5.41, 5.74) is 3.93. The van der Waals surface area contributed by atoms with E-state index in [1.54, 1.807) is 0 Å². The van der Waals surface area contributed by atoms with Gasteiger partial charge in [-0.3, -0.25) is 4.79 Å². The van der Waals surface area contributed by atoms with E-state index in [0.717, 1.165) is 12.0 Å². The van der Waals surface area contributed by atoms with E-state index in [2.05, 4.69) is 23.5 Å². The Balaban J connectivity index is 1.91. The highest BCUT2D eigenvalue weighted by Gasteiger charge is 2.13. The molecule has 1 aliphatic rings. The summed E-state index contributed by atoms with van der Waals surface area (Å²) in [6.45, 7) is 2.02. The fourth-order valence-corrected chi connectivity index (χ4v) is 2.51. The van der Waals surface area contributed by atoms with Gasteiger partial charge in [-0.2, -0.15) is 0 Å². The third-order valence-corrected chi connectivity index (χ3v) is 3.50. The van der Waals surface area contributed by atoms with E-state index in [1.165, 1.54) is 24.0 Å². The molecule has 0 aliphatic heterocycles. The second-order valence-corrected chi connectivity index (χ2v) is 5.11. The number of amides is 1. The number of aliphatic hydroxyl groups is 1. The fourth-order valence-electron chi connectivity index (χ4n) is 2.51. The van der Waals surface area contributed by atoms with Crippen molar-refractivity contribution < 1.29 is 9.90 Å². The van der Waals surface area contributed by atoms with E-state index < -0.39 is 0 Å². The molecule has 1 atom stereocenters. The Kier molecular flexibility index (Phi) is 4.37. The maximum Gasteiger partial charge on any atom is 0.224 e. The van der Waals surface area contributed by atoms with E-state index in [4.69, 9.17) is 5.11 Å². The van der Waals surface area contributed by atoms with E-state index in [9.17, 15) is 4.79 Å². The van der Waals surface area contributed by atoms with Gasteiger partial charge in [0, 0.05) is 12.6 Å². The van der Waals surface area contributed by atoms with Crippen LogP contribution in [0.5, 0.6) is 0 Å². The van der Waals surface area contributed by atoms with Crippen LogP contribution in [0.4, 0.5) is 0 Å². The first-order valence-corrected chi connectivity index (χ1v) is 6.70. The largest absolute Gasteiger partial charge is 0.396 e. The van der Waals surface area contributed by atoms with Crippen molar-refractivity contribution >= 4 is 5.91 Å². The molecule has 0 saturated heterocycles. The number of hydrogen-bond donors (Lipinski definition) is 2. The maximum atomic E-state index is 11.8. The molecule has 98 valence electrons. The molecule has 0 saturated carbocycles. The molecule has 1 amide bonds. The Morgan fingerprint density at radius 3 is 2.94 bits per heavy atom. The van der Waals surface area contributed by atoms with Gasteiger partial charge >= 0.3 is 0 Å². The summed E-state index contributed by atoms with van der Waals surface area (Å²) in [5, 5.41) is 11.7. The minimum Gasteiger partial charge on any atom is -0.396 e. The molecule has 0 spiro atoms. The molecule has 2 N–H and O–H groups in total. The summed E-state index contributed by atoms with van der Waals surface area (Å²) in [5.74, 6) is 0.0360. The number of fused-ring (bicyclic) bond motifs is 1. The highest BCUT2D eigenvalue weighted by Crippen LogP contribution is 2.22. The number of carbonyl (C=O) groups is 1. The molecule has 1 aromatic carbocycles. The van der Waals surface area contributed by atoms with E-state index in [0.29, 0.717) is 12.8 Å². The molecule has 1 aromatic rings. The predicted octanol–water partition coefficient (Wildman–Crippen LogP) is 1.60. The minimum absolute atomic E-state index is 0.0360. The lowest BCUT2D eigenvalue weighted by molar-refractivity contribution is -0.121. The van der Waals surface area contributed by atoms with Crippen LogP contribution in [-0.4, -0.2) is 23.7 Å². The van der Waals surface area contributed by atoms with Crippen molar-refractivity contribution in [1.82, 2.24) is 5.32 Å². The van der Waals surface area contributed by atoms with Crippen molar-refractivity contribution in [1.29, 1.82) is 0 Å². The predicted molar refractivity (Wildman–Crippen MR) is 71.5 cm³/mol. The van der Waals surface area contributed by atoms with Gasteiger partial charge in [-0.25, -0.2) is 0 Å². The van der Waals surface area contributed by atoms with Crippen molar-refractivity contribution in [3.63, 3.8) is 0 Å². The van der Waals surface area contributed by atoms with E-state index >= 15 is 0 Å². The number of aryl methyl sites for hydroxylation is 2. The van der Waals surface area contributed by atoms with Crippen LogP contribution in [0.15, 0.2) is 18.2 Å². The van der Waals surface area contributed by atoms with Crippen molar-refractivity contribution in [2.75, 3.05) is 6.61 Å². The topological polar surface area (TPSA) is 49.3 Å². The Morgan fingerprint density at radius 2 is 2.17 bits per heavy atom. The zero-order valence-electron chi connectivity index (χ0n) is 10.9. The van der Waals surface area contributed by atoms with Crippen molar-refractivity contribution in [3.8, 4) is 0 Å². The summed E-state index contributed by atoms with van der Waals surface area (Å²) >= 11 is 0. The Labute approximate surface area is 108 Å². The van der Waals surface area contributed by atoms with E-state index in [1.807, 2.05) is 6.92 Å². The maximum absolute atomic E-state index is 11.8. The van der Waals surface area contributed by atoms with Gasteiger partial charge in [0.05, 0.1) is 6.42 Å². The zero-order valence-corrected chi connectivity index (χ0v) is 10.9. The molecule has 3 heteroatoms. The van der Waals surface area contributed by atoms with Gasteiger partial charge in [0.15, 0.2) is 0 Å². The van der Waals surface area contributed by atoms with Crippen LogP contribution in [0, 0.1) is 0 Å². The lowest BCUT2D eigenvalue weighted by Crippen LogP contribution is -2.34. The third-order valence-electron chi connectivity index (χ3n) is 3.50. The van der Waals surface area contributed by atoms with Crippen molar-refractivity contribution in [2.24, 2.45) is 0 Å². The van der Waals surface area contributed by atoms with Gasteiger partial charge < -0.3 is 10.4 Å². The van der Waals surface area contributed by atoms with Crippen LogP contribution >= 0.6 is 0 Å². The quantitative estimate of drug-likeness (QED) is 0.830. The molecular weight excluding hydrogens is 226 g/mol. The highest BCUT2D eigenvalue weighted by atomic mass is 16.3. The molecule has 3 nitrogen and oxygen atoms in total. The van der Waals surface area contributed by atoms with Gasteiger partial charge in [0.2, 0.25) is 5.91 Å². The summed E-state index contributed by atoms with van der Waals surface area (Å²) in [6, 6.07) is 6.41. The van der Waals surface area contributed by atoms with Crippen LogP contribution in [-0.2, 0) is 24.1 Å². The molecule has 0 fully saturated rings. The van der Waals surface area contributed by atoms with Crippen LogP contribution < -0.4 is 5.32 Å². The first kappa shape index (κ1) is 13.1. The number of aliphatic hydroxyl groups excluding tert-OH is 1. The number of hydrogen-bond acceptors (Lipinski definition) is 2. The van der Waals surface area contributed by atoms with Crippen molar-refractivity contribution in [3.05, 3.63) is 34.9 Å². The lowest BCUT2D eigenvalue weighted by Gasteiger charge is -2.12. The minimum atomic E-state index is 0.0360. The molecule has 0 aromatic heterocycles. The van der Waals surface area contributed by atoms with Crippen LogP contribution in [0.25, 0.3) is 0 Å². The number of rotatable bonds is 5. The Bertz CT molecular complexity index is 429. The fraction of sp³-hybridized carbons (Fsp3) is 0.533. The SMILES string of the molecule is CC(CCO)NC(=O)Cc1ccc2c(c1)CCC2. The summed E-state index contributed by atoms with van der Waals surface area (Å²) in [6.07, 6.45) is 4.60. The van der Waals surface area contributed by atoms with Crippen LogP contribution in [0.3, 0.4) is 0 Å². The summed E-state index contributed by atoms with van der Waals surface area (Å²) < 4.78 is 0. The zero-order chi connectivity index (χ0) is 13.0. The second kappa shape index (κ2) is 6.01. The second-order valence-electron chi connectivity index (χ2n) is 5.11. The average molecular weight is 247 g/mol. The van der Waals surface area contributed by atoms with Gasteiger partial charge in [0.25, 0.3) is 0 Å². The molecule has 2 rings (SSSR count). The summed E-state index contributed by atoms with van der Waals surface area (Å²) in [4.78, 5) is 11.8. The molecule has 1 aliphatic carbocycles. The molecule has 0 bridgehead atoms. The molecular formula is C15H21NO2. The number of benzene rings is 1.